The number of methoxy groups -OCH3 is 2. The van der Waals surface area contributed by atoms with Gasteiger partial charge in [0.15, 0.2) is 0 Å². The second kappa shape index (κ2) is 10.7. The normalized spacial score (nSPS) is 11.9. The fourth-order valence-corrected chi connectivity index (χ4v) is 2.49. The smallest absolute Gasteiger partial charge is 0.124 e. The fraction of sp³-hybridized carbons (Fsp3) is 0.455. The molecule has 3 rings (SSSR count). The van der Waals surface area contributed by atoms with Gasteiger partial charge in [-0.2, -0.15) is 0 Å². The SMILES string of the molecule is C1CCC1.COc1c(C)cccc1C.COc1c(C)cccc1C. The number of para-hydroxylation sites is 2. The van der Waals surface area contributed by atoms with Crippen LogP contribution in [-0.4, -0.2) is 14.2 Å². The molecule has 0 amide bonds. The highest BCUT2D eigenvalue weighted by atomic mass is 16.5. The average Bonchev–Trinajstić information content (AvgIpc) is 2.47. The third-order valence-corrected chi connectivity index (χ3v) is 4.23. The Labute approximate surface area is 147 Å². The van der Waals surface area contributed by atoms with Gasteiger partial charge in [0.1, 0.15) is 11.5 Å². The van der Waals surface area contributed by atoms with E-state index in [1.165, 1.54) is 47.9 Å². The van der Waals surface area contributed by atoms with Gasteiger partial charge in [-0.05, 0) is 49.9 Å². The maximum Gasteiger partial charge on any atom is 0.124 e. The quantitative estimate of drug-likeness (QED) is 0.655. The van der Waals surface area contributed by atoms with Gasteiger partial charge in [0, 0.05) is 0 Å². The van der Waals surface area contributed by atoms with Crippen LogP contribution in [0, 0.1) is 27.7 Å². The van der Waals surface area contributed by atoms with Crippen molar-refractivity contribution < 1.29 is 9.47 Å². The number of aryl methyl sites for hydroxylation is 4. The molecule has 1 saturated carbocycles. The van der Waals surface area contributed by atoms with E-state index in [0.29, 0.717) is 0 Å². The minimum atomic E-state index is 1.00. The van der Waals surface area contributed by atoms with E-state index in [4.69, 9.17) is 9.47 Å². The zero-order valence-corrected chi connectivity index (χ0v) is 16.1. The lowest BCUT2D eigenvalue weighted by molar-refractivity contribution is 0.408. The monoisotopic (exact) mass is 328 g/mol. The highest BCUT2D eigenvalue weighted by Gasteiger charge is 1.99. The molecule has 0 N–H and O–H groups in total. The molecule has 132 valence electrons. The Morgan fingerprint density at radius 2 is 0.792 bits per heavy atom. The van der Waals surface area contributed by atoms with E-state index < -0.39 is 0 Å². The molecule has 0 aromatic heterocycles. The lowest BCUT2D eigenvalue weighted by Gasteiger charge is -2.06. The van der Waals surface area contributed by atoms with Gasteiger partial charge in [0.25, 0.3) is 0 Å². The summed E-state index contributed by atoms with van der Waals surface area (Å²) in [7, 11) is 3.41. The van der Waals surface area contributed by atoms with Crippen molar-refractivity contribution in [1.82, 2.24) is 0 Å². The van der Waals surface area contributed by atoms with Crippen molar-refractivity contribution in [3.8, 4) is 11.5 Å². The van der Waals surface area contributed by atoms with Gasteiger partial charge >= 0.3 is 0 Å². The molecule has 1 aliphatic rings. The van der Waals surface area contributed by atoms with Crippen LogP contribution in [0.15, 0.2) is 36.4 Å². The number of hydrogen-bond acceptors (Lipinski definition) is 2. The van der Waals surface area contributed by atoms with Crippen LogP contribution >= 0.6 is 0 Å². The fourth-order valence-electron chi connectivity index (χ4n) is 2.49. The summed E-state index contributed by atoms with van der Waals surface area (Å²) in [5.41, 5.74) is 4.79. The minimum Gasteiger partial charge on any atom is -0.496 e. The van der Waals surface area contributed by atoms with Crippen LogP contribution in [0.2, 0.25) is 0 Å². The molecule has 0 bridgehead atoms. The minimum absolute atomic E-state index is 1.00. The van der Waals surface area contributed by atoms with Crippen molar-refractivity contribution in [3.63, 3.8) is 0 Å². The molecule has 0 heterocycles. The molecule has 1 fully saturated rings. The molecule has 2 aromatic carbocycles. The molecular weight excluding hydrogens is 296 g/mol. The number of hydrogen-bond donors (Lipinski definition) is 0. The molecule has 0 aliphatic heterocycles. The highest BCUT2D eigenvalue weighted by molar-refractivity contribution is 5.40. The summed E-state index contributed by atoms with van der Waals surface area (Å²) in [5.74, 6) is 2.00. The second-order valence-corrected chi connectivity index (χ2v) is 6.26. The van der Waals surface area contributed by atoms with Crippen molar-refractivity contribution >= 4 is 0 Å². The van der Waals surface area contributed by atoms with Crippen LogP contribution in [0.1, 0.15) is 47.9 Å². The first-order valence-electron chi connectivity index (χ1n) is 8.71. The van der Waals surface area contributed by atoms with Crippen LogP contribution in [-0.2, 0) is 0 Å². The number of rotatable bonds is 2. The molecule has 24 heavy (non-hydrogen) atoms. The van der Waals surface area contributed by atoms with Crippen LogP contribution in [0.25, 0.3) is 0 Å². The molecule has 0 atom stereocenters. The lowest BCUT2D eigenvalue weighted by atomic mass is 10.0. The molecule has 2 aromatic rings. The largest absolute Gasteiger partial charge is 0.496 e. The van der Waals surface area contributed by atoms with E-state index in [1.807, 2.05) is 64.1 Å². The molecule has 0 radical (unpaired) electrons. The second-order valence-electron chi connectivity index (χ2n) is 6.26. The van der Waals surface area contributed by atoms with Gasteiger partial charge in [-0.15, -0.1) is 0 Å². The summed E-state index contributed by atoms with van der Waals surface area (Å²) in [6.07, 6.45) is 6.00. The molecule has 1 aliphatic carbocycles. The molecule has 0 spiro atoms. The lowest BCUT2D eigenvalue weighted by Crippen LogP contribution is -1.89. The predicted octanol–water partition coefficient (Wildman–Crippen LogP) is 6.18. The van der Waals surface area contributed by atoms with Crippen molar-refractivity contribution in [2.75, 3.05) is 14.2 Å². The van der Waals surface area contributed by atoms with Crippen LogP contribution < -0.4 is 9.47 Å². The zero-order chi connectivity index (χ0) is 17.9. The van der Waals surface area contributed by atoms with Crippen molar-refractivity contribution in [1.29, 1.82) is 0 Å². The maximum absolute atomic E-state index is 5.18. The van der Waals surface area contributed by atoms with E-state index in [1.54, 1.807) is 14.2 Å². The van der Waals surface area contributed by atoms with E-state index in [-0.39, 0.29) is 0 Å². The first-order valence-corrected chi connectivity index (χ1v) is 8.71. The molecular formula is C22H32O2. The summed E-state index contributed by atoms with van der Waals surface area (Å²) in [5, 5.41) is 0. The van der Waals surface area contributed by atoms with Gasteiger partial charge in [0.05, 0.1) is 14.2 Å². The Balaban J connectivity index is 0.000000195. The van der Waals surface area contributed by atoms with Gasteiger partial charge in [-0.25, -0.2) is 0 Å². The summed E-state index contributed by atoms with van der Waals surface area (Å²) < 4.78 is 10.4. The topological polar surface area (TPSA) is 18.5 Å². The van der Waals surface area contributed by atoms with E-state index in [9.17, 15) is 0 Å². The summed E-state index contributed by atoms with van der Waals surface area (Å²) >= 11 is 0. The number of benzene rings is 2. The first-order chi connectivity index (χ1) is 11.5. The van der Waals surface area contributed by atoms with Crippen molar-refractivity contribution in [2.45, 2.75) is 53.4 Å². The van der Waals surface area contributed by atoms with E-state index in [2.05, 4.69) is 0 Å². The van der Waals surface area contributed by atoms with Crippen LogP contribution in [0.5, 0.6) is 11.5 Å². The van der Waals surface area contributed by atoms with E-state index >= 15 is 0 Å². The third-order valence-electron chi connectivity index (χ3n) is 4.23. The highest BCUT2D eigenvalue weighted by Crippen LogP contribution is 2.21. The van der Waals surface area contributed by atoms with Gasteiger partial charge in [-0.3, -0.25) is 0 Å². The third kappa shape index (κ3) is 6.27. The van der Waals surface area contributed by atoms with Crippen molar-refractivity contribution in [3.05, 3.63) is 58.7 Å². The van der Waals surface area contributed by atoms with Crippen LogP contribution in [0.4, 0.5) is 0 Å². The zero-order valence-electron chi connectivity index (χ0n) is 16.1. The van der Waals surface area contributed by atoms with Gasteiger partial charge in [0.2, 0.25) is 0 Å². The van der Waals surface area contributed by atoms with Crippen molar-refractivity contribution in [2.24, 2.45) is 0 Å². The molecule has 2 heteroatoms. The maximum atomic E-state index is 5.18. The number of ether oxygens (including phenoxy) is 2. The summed E-state index contributed by atoms with van der Waals surface area (Å²) in [6, 6.07) is 12.3. The van der Waals surface area contributed by atoms with Crippen LogP contribution in [0.3, 0.4) is 0 Å². The first kappa shape index (κ1) is 20.1. The summed E-state index contributed by atoms with van der Waals surface area (Å²) in [6.45, 7) is 8.19. The predicted molar refractivity (Wildman–Crippen MR) is 103 cm³/mol. The average molecular weight is 328 g/mol. The molecule has 0 saturated heterocycles. The molecule has 2 nitrogen and oxygen atoms in total. The summed E-state index contributed by atoms with van der Waals surface area (Å²) in [4.78, 5) is 0. The van der Waals surface area contributed by atoms with Gasteiger partial charge < -0.3 is 9.47 Å². The van der Waals surface area contributed by atoms with E-state index in [0.717, 1.165) is 11.5 Å². The Hall–Kier alpha value is -1.96. The molecule has 0 unspecified atom stereocenters. The Morgan fingerprint density at radius 1 is 0.542 bits per heavy atom. The Bertz CT molecular complexity index is 517. The Morgan fingerprint density at radius 3 is 0.917 bits per heavy atom. The Kier molecular flexibility index (Phi) is 8.99. The van der Waals surface area contributed by atoms with Gasteiger partial charge in [-0.1, -0.05) is 62.1 Å². The standard InChI is InChI=1S/2C9H12O.C4H8/c2*1-7-5-4-6-8(2)9(7)10-3;1-2-4-3-1/h2*4-6H,1-3H3;1-4H2.